The number of carbonyl (C=O) groups is 1. The van der Waals surface area contributed by atoms with Crippen LogP contribution in [0.15, 0.2) is 29.6 Å². The number of carbonyl (C=O) groups excluding carboxylic acids is 1. The van der Waals surface area contributed by atoms with Gasteiger partial charge in [0.25, 0.3) is 11.8 Å². The Labute approximate surface area is 216 Å². The third-order valence-electron chi connectivity index (χ3n) is 5.66. The summed E-state index contributed by atoms with van der Waals surface area (Å²) in [4.78, 5) is 24.8. The summed E-state index contributed by atoms with van der Waals surface area (Å²) in [6.45, 7) is 6.79. The highest BCUT2D eigenvalue weighted by atomic mass is 35.5. The van der Waals surface area contributed by atoms with Gasteiger partial charge in [0.2, 0.25) is 11.2 Å². The maximum atomic E-state index is 15.9. The van der Waals surface area contributed by atoms with Crippen molar-refractivity contribution in [2.24, 2.45) is 0 Å². The van der Waals surface area contributed by atoms with Gasteiger partial charge < -0.3 is 14.8 Å². The predicted molar refractivity (Wildman–Crippen MR) is 137 cm³/mol. The van der Waals surface area contributed by atoms with Crippen LogP contribution in [0.5, 0.6) is 11.8 Å². The SMILES string of the molecule is C#CCOCc1cnc(Cl)nc1Oc1ncc2c(c1F)C(CCC)=C(C1=CCCNC1=O)CC2.CC. The van der Waals surface area contributed by atoms with Crippen LogP contribution in [0, 0.1) is 18.2 Å². The lowest BCUT2D eigenvalue weighted by atomic mass is 9.80. The van der Waals surface area contributed by atoms with Crippen LogP contribution in [0.1, 0.15) is 63.1 Å². The molecule has 2 aromatic heterocycles. The lowest BCUT2D eigenvalue weighted by Gasteiger charge is -2.27. The molecular weight excluding hydrogens is 483 g/mol. The van der Waals surface area contributed by atoms with E-state index in [2.05, 4.69) is 26.2 Å². The molecule has 1 amide bonds. The Balaban J connectivity index is 0.00000176. The smallest absolute Gasteiger partial charge is 0.258 e. The van der Waals surface area contributed by atoms with E-state index < -0.39 is 5.82 Å². The Morgan fingerprint density at radius 1 is 1.22 bits per heavy atom. The molecule has 0 atom stereocenters. The Kier molecular flexibility index (Phi) is 9.97. The molecule has 0 aromatic carbocycles. The van der Waals surface area contributed by atoms with Crippen molar-refractivity contribution < 1.29 is 18.7 Å². The molecule has 3 heterocycles. The van der Waals surface area contributed by atoms with Crippen molar-refractivity contribution in [1.29, 1.82) is 0 Å². The third kappa shape index (κ3) is 6.10. The summed E-state index contributed by atoms with van der Waals surface area (Å²) >= 11 is 5.94. The average molecular weight is 513 g/mol. The lowest BCUT2D eigenvalue weighted by Crippen LogP contribution is -2.31. The average Bonchev–Trinajstić information content (AvgIpc) is 2.89. The number of aromatic nitrogens is 3. The van der Waals surface area contributed by atoms with Crippen LogP contribution < -0.4 is 10.1 Å². The quantitative estimate of drug-likeness (QED) is 0.282. The first-order chi connectivity index (χ1) is 17.5. The molecular formula is C27H30ClFN4O3. The first kappa shape index (κ1) is 27.3. The molecule has 1 aliphatic heterocycles. The zero-order valence-electron chi connectivity index (χ0n) is 20.8. The number of nitrogens with zero attached hydrogens (tertiary/aromatic N) is 3. The number of terminal acetylenes is 1. The van der Waals surface area contributed by atoms with E-state index in [0.717, 1.165) is 29.6 Å². The molecule has 0 unspecified atom stereocenters. The fourth-order valence-electron chi connectivity index (χ4n) is 4.20. The number of ether oxygens (including phenoxy) is 2. The van der Waals surface area contributed by atoms with Gasteiger partial charge in [-0.15, -0.1) is 6.42 Å². The van der Waals surface area contributed by atoms with Crippen molar-refractivity contribution in [2.45, 2.75) is 59.5 Å². The Morgan fingerprint density at radius 2 is 2.03 bits per heavy atom. The molecule has 0 bridgehead atoms. The number of nitrogens with one attached hydrogen (secondary N) is 1. The van der Waals surface area contributed by atoms with Gasteiger partial charge in [-0.1, -0.05) is 39.2 Å². The number of pyridine rings is 1. The zero-order valence-corrected chi connectivity index (χ0v) is 21.5. The maximum Gasteiger partial charge on any atom is 0.258 e. The van der Waals surface area contributed by atoms with Crippen LogP contribution in [0.3, 0.4) is 0 Å². The molecule has 190 valence electrons. The molecule has 9 heteroatoms. The molecule has 36 heavy (non-hydrogen) atoms. The van der Waals surface area contributed by atoms with E-state index in [1.807, 2.05) is 26.8 Å². The van der Waals surface area contributed by atoms with Gasteiger partial charge >= 0.3 is 0 Å². The second kappa shape index (κ2) is 13.1. The van der Waals surface area contributed by atoms with Crippen LogP contribution in [0.25, 0.3) is 5.57 Å². The van der Waals surface area contributed by atoms with Gasteiger partial charge in [0.05, 0.1) is 12.2 Å². The summed E-state index contributed by atoms with van der Waals surface area (Å²) in [5.74, 6) is 1.47. The van der Waals surface area contributed by atoms with Gasteiger partial charge in [0, 0.05) is 30.1 Å². The second-order valence-electron chi connectivity index (χ2n) is 7.92. The molecule has 0 saturated carbocycles. The predicted octanol–water partition coefficient (Wildman–Crippen LogP) is 5.58. The molecule has 0 fully saturated rings. The van der Waals surface area contributed by atoms with E-state index in [1.54, 1.807) is 6.20 Å². The zero-order chi connectivity index (χ0) is 26.1. The molecule has 1 aliphatic carbocycles. The van der Waals surface area contributed by atoms with Crippen molar-refractivity contribution in [3.05, 3.63) is 57.4 Å². The molecule has 2 aliphatic rings. The Hall–Kier alpha value is -3.28. The number of rotatable bonds is 8. The number of halogens is 2. The Morgan fingerprint density at radius 3 is 2.75 bits per heavy atom. The summed E-state index contributed by atoms with van der Waals surface area (Å²) in [5, 5.41) is 2.83. The van der Waals surface area contributed by atoms with Crippen molar-refractivity contribution in [2.75, 3.05) is 13.2 Å². The van der Waals surface area contributed by atoms with Gasteiger partial charge in [-0.25, -0.2) is 14.4 Å². The van der Waals surface area contributed by atoms with Crippen molar-refractivity contribution in [1.82, 2.24) is 20.3 Å². The minimum Gasteiger partial charge on any atom is -0.417 e. The van der Waals surface area contributed by atoms with E-state index in [0.29, 0.717) is 42.5 Å². The lowest BCUT2D eigenvalue weighted by molar-refractivity contribution is -0.117. The highest BCUT2D eigenvalue weighted by Gasteiger charge is 2.29. The van der Waals surface area contributed by atoms with E-state index >= 15 is 4.39 Å². The molecule has 0 radical (unpaired) electrons. The van der Waals surface area contributed by atoms with Crippen LogP contribution in [0.2, 0.25) is 5.28 Å². The number of amides is 1. The minimum absolute atomic E-state index is 0.0368. The monoisotopic (exact) mass is 512 g/mol. The van der Waals surface area contributed by atoms with E-state index in [-0.39, 0.29) is 36.2 Å². The highest BCUT2D eigenvalue weighted by Crippen LogP contribution is 2.41. The highest BCUT2D eigenvalue weighted by molar-refractivity contribution is 6.28. The van der Waals surface area contributed by atoms with Gasteiger partial charge in [-0.05, 0) is 54.0 Å². The summed E-state index contributed by atoms with van der Waals surface area (Å²) in [5.41, 5.74) is 4.01. The molecule has 0 saturated heterocycles. The van der Waals surface area contributed by atoms with Crippen molar-refractivity contribution in [3.8, 4) is 24.1 Å². The molecule has 7 nitrogen and oxygen atoms in total. The second-order valence-corrected chi connectivity index (χ2v) is 8.25. The van der Waals surface area contributed by atoms with Gasteiger partial charge in [-0.2, -0.15) is 4.98 Å². The molecule has 1 N–H and O–H groups in total. The van der Waals surface area contributed by atoms with Gasteiger partial charge in [0.15, 0.2) is 5.82 Å². The first-order valence-corrected chi connectivity index (χ1v) is 12.5. The third-order valence-corrected chi connectivity index (χ3v) is 5.84. The fraction of sp³-hybridized carbons (Fsp3) is 0.407. The van der Waals surface area contributed by atoms with Crippen LogP contribution in [0.4, 0.5) is 4.39 Å². The number of hydrogen-bond donors (Lipinski definition) is 1. The van der Waals surface area contributed by atoms with Gasteiger partial charge in [-0.3, -0.25) is 4.79 Å². The summed E-state index contributed by atoms with van der Waals surface area (Å²) in [6.07, 6.45) is 13.6. The first-order valence-electron chi connectivity index (χ1n) is 12.1. The summed E-state index contributed by atoms with van der Waals surface area (Å²) < 4.78 is 27.0. The summed E-state index contributed by atoms with van der Waals surface area (Å²) in [7, 11) is 0. The standard InChI is InChI=1S/C25H24ClFN4O3.C2H6/c1-3-6-18-17(19-7-5-10-28-22(19)32)9-8-15-12-29-24(21(27)20(15)18)34-23-16(14-33-11-4-2)13-30-25(26)31-23;1-2/h2,7,12-13H,3,5-6,8-11,14H2,1H3,(H,28,32);1-2H3. The molecule has 4 rings (SSSR count). The largest absolute Gasteiger partial charge is 0.417 e. The van der Waals surface area contributed by atoms with Crippen molar-refractivity contribution in [3.63, 3.8) is 0 Å². The fourth-order valence-corrected chi connectivity index (χ4v) is 4.32. The maximum absolute atomic E-state index is 15.9. The van der Waals surface area contributed by atoms with E-state index in [4.69, 9.17) is 27.5 Å². The van der Waals surface area contributed by atoms with Crippen LogP contribution >= 0.6 is 11.6 Å². The number of allylic oxidation sites excluding steroid dienone is 1. The number of fused-ring (bicyclic) bond motifs is 1. The number of hydrogen-bond acceptors (Lipinski definition) is 6. The Bertz CT molecular complexity index is 1220. The minimum atomic E-state index is -0.597. The molecule has 0 spiro atoms. The van der Waals surface area contributed by atoms with Crippen LogP contribution in [-0.4, -0.2) is 34.0 Å². The van der Waals surface area contributed by atoms with Crippen LogP contribution in [-0.2, 0) is 22.6 Å². The summed E-state index contributed by atoms with van der Waals surface area (Å²) in [6, 6.07) is 0. The normalized spacial score (nSPS) is 14.7. The number of aryl methyl sites for hydroxylation is 1. The molecule has 2 aromatic rings. The van der Waals surface area contributed by atoms with E-state index in [1.165, 1.54) is 6.20 Å². The van der Waals surface area contributed by atoms with E-state index in [9.17, 15) is 4.79 Å². The topological polar surface area (TPSA) is 86.2 Å². The van der Waals surface area contributed by atoms with Crippen molar-refractivity contribution >= 4 is 23.1 Å². The van der Waals surface area contributed by atoms with Gasteiger partial charge in [0.1, 0.15) is 6.61 Å².